The summed E-state index contributed by atoms with van der Waals surface area (Å²) in [4.78, 5) is 14.9. The highest BCUT2D eigenvalue weighted by Crippen LogP contribution is 2.18. The van der Waals surface area contributed by atoms with E-state index in [1.54, 1.807) is 0 Å². The molecule has 0 unspecified atom stereocenters. The summed E-state index contributed by atoms with van der Waals surface area (Å²) < 4.78 is 10.9. The van der Waals surface area contributed by atoms with Crippen molar-refractivity contribution >= 4 is 5.91 Å². The van der Waals surface area contributed by atoms with Crippen molar-refractivity contribution < 1.29 is 14.1 Å². The molecule has 2 heterocycles. The number of ether oxygens (including phenoxy) is 1. The third-order valence-corrected chi connectivity index (χ3v) is 5.14. The molecule has 0 aliphatic carbocycles. The Hall–Kier alpha value is -2.34. The van der Waals surface area contributed by atoms with Crippen LogP contribution in [0.25, 0.3) is 0 Å². The van der Waals surface area contributed by atoms with Crippen LogP contribution in [0.1, 0.15) is 53.6 Å². The maximum atomic E-state index is 12.5. The first-order valence-electron chi connectivity index (χ1n) is 9.74. The van der Waals surface area contributed by atoms with E-state index < -0.39 is 0 Å². The van der Waals surface area contributed by atoms with Crippen LogP contribution in [0.4, 0.5) is 0 Å². The van der Waals surface area contributed by atoms with Gasteiger partial charge in [0.1, 0.15) is 18.1 Å². The number of rotatable bonds is 7. The second kappa shape index (κ2) is 9.04. The summed E-state index contributed by atoms with van der Waals surface area (Å²) >= 11 is 0. The minimum atomic E-state index is -0.0128. The Kier molecular flexibility index (Phi) is 6.50. The van der Waals surface area contributed by atoms with Crippen molar-refractivity contribution in [3.63, 3.8) is 0 Å². The van der Waals surface area contributed by atoms with E-state index >= 15 is 0 Å². The van der Waals surface area contributed by atoms with Gasteiger partial charge in [-0.25, -0.2) is 0 Å². The van der Waals surface area contributed by atoms with Crippen LogP contribution in [0.15, 0.2) is 28.8 Å². The van der Waals surface area contributed by atoms with Crippen LogP contribution in [0.2, 0.25) is 0 Å². The SMILES string of the molecule is CCCN1CCC(NC(=O)c2ccc(OCc3c(C)noc3C)cc2)CC1. The van der Waals surface area contributed by atoms with Crippen LogP contribution < -0.4 is 10.1 Å². The summed E-state index contributed by atoms with van der Waals surface area (Å²) in [5.41, 5.74) is 2.47. The van der Waals surface area contributed by atoms with Gasteiger partial charge in [0.05, 0.1) is 11.3 Å². The molecule has 3 rings (SSSR count). The molecule has 1 N–H and O–H groups in total. The van der Waals surface area contributed by atoms with Gasteiger partial charge in [-0.3, -0.25) is 4.79 Å². The van der Waals surface area contributed by atoms with Crippen LogP contribution in [0.3, 0.4) is 0 Å². The molecule has 0 spiro atoms. The molecule has 1 aliphatic heterocycles. The molecule has 6 nitrogen and oxygen atoms in total. The third kappa shape index (κ3) is 5.10. The molecule has 1 amide bonds. The number of likely N-dealkylation sites (tertiary alicyclic amines) is 1. The van der Waals surface area contributed by atoms with E-state index in [1.165, 1.54) is 6.42 Å². The van der Waals surface area contributed by atoms with Gasteiger partial charge in [-0.2, -0.15) is 0 Å². The van der Waals surface area contributed by atoms with Gasteiger partial charge < -0.3 is 19.5 Å². The molecule has 6 heteroatoms. The molecule has 0 bridgehead atoms. The summed E-state index contributed by atoms with van der Waals surface area (Å²) in [5.74, 6) is 1.48. The number of hydrogen-bond donors (Lipinski definition) is 1. The molecule has 1 fully saturated rings. The van der Waals surface area contributed by atoms with Crippen LogP contribution in [0, 0.1) is 13.8 Å². The molecule has 0 radical (unpaired) electrons. The molecule has 1 aliphatic rings. The minimum absolute atomic E-state index is 0.0128. The van der Waals surface area contributed by atoms with Crippen molar-refractivity contribution in [2.24, 2.45) is 0 Å². The first-order chi connectivity index (χ1) is 13.1. The maximum Gasteiger partial charge on any atom is 0.251 e. The van der Waals surface area contributed by atoms with Gasteiger partial charge in [0.25, 0.3) is 5.91 Å². The highest BCUT2D eigenvalue weighted by molar-refractivity contribution is 5.94. The Morgan fingerprint density at radius 2 is 1.96 bits per heavy atom. The lowest BCUT2D eigenvalue weighted by molar-refractivity contribution is 0.0911. The van der Waals surface area contributed by atoms with Gasteiger partial charge in [0.2, 0.25) is 0 Å². The molecular formula is C21H29N3O3. The summed E-state index contributed by atoms with van der Waals surface area (Å²) in [5, 5.41) is 7.08. The van der Waals surface area contributed by atoms with Crippen molar-refractivity contribution in [2.45, 2.75) is 52.7 Å². The smallest absolute Gasteiger partial charge is 0.251 e. The first-order valence-corrected chi connectivity index (χ1v) is 9.74. The number of nitrogens with zero attached hydrogens (tertiary/aromatic N) is 2. The average molecular weight is 371 g/mol. The zero-order valence-corrected chi connectivity index (χ0v) is 16.5. The van der Waals surface area contributed by atoms with Gasteiger partial charge in [-0.05, 0) is 63.9 Å². The van der Waals surface area contributed by atoms with E-state index in [9.17, 15) is 4.79 Å². The second-order valence-electron chi connectivity index (χ2n) is 7.21. The van der Waals surface area contributed by atoms with Gasteiger partial charge in [0, 0.05) is 24.7 Å². The van der Waals surface area contributed by atoms with Gasteiger partial charge in [-0.1, -0.05) is 12.1 Å². The quantitative estimate of drug-likeness (QED) is 0.807. The number of benzene rings is 1. The summed E-state index contributed by atoms with van der Waals surface area (Å²) in [6.45, 7) is 9.66. The Bertz CT molecular complexity index is 727. The largest absolute Gasteiger partial charge is 0.489 e. The van der Waals surface area contributed by atoms with Crippen LogP contribution in [-0.4, -0.2) is 41.6 Å². The molecule has 0 atom stereocenters. The lowest BCUT2D eigenvalue weighted by atomic mass is 10.0. The first kappa shape index (κ1) is 19.4. The van der Waals surface area contributed by atoms with E-state index in [0.29, 0.717) is 12.2 Å². The molecule has 1 aromatic heterocycles. The predicted molar refractivity (Wildman–Crippen MR) is 104 cm³/mol. The standard InChI is InChI=1S/C21H29N3O3/c1-4-11-24-12-9-18(10-13-24)22-21(25)17-5-7-19(8-6-17)26-14-20-15(2)23-27-16(20)3/h5-8,18H,4,9-14H2,1-3H3,(H,22,25). The number of piperidine rings is 1. The molecule has 0 saturated carbocycles. The van der Waals surface area contributed by atoms with Gasteiger partial charge >= 0.3 is 0 Å². The molecule has 1 saturated heterocycles. The Balaban J connectivity index is 1.49. The number of carbonyl (C=O) groups is 1. The van der Waals surface area contributed by atoms with E-state index in [0.717, 1.165) is 55.2 Å². The number of aromatic nitrogens is 1. The molecule has 1 aromatic carbocycles. The summed E-state index contributed by atoms with van der Waals surface area (Å²) in [7, 11) is 0. The van der Waals surface area contributed by atoms with E-state index in [4.69, 9.17) is 9.26 Å². The fourth-order valence-electron chi connectivity index (χ4n) is 3.45. The van der Waals surface area contributed by atoms with Gasteiger partial charge in [-0.15, -0.1) is 0 Å². The minimum Gasteiger partial charge on any atom is -0.489 e. The predicted octanol–water partition coefficient (Wildman–Crippen LogP) is 3.47. The van der Waals surface area contributed by atoms with E-state index in [-0.39, 0.29) is 11.9 Å². The molecular weight excluding hydrogens is 342 g/mol. The fraction of sp³-hybridized carbons (Fsp3) is 0.524. The Morgan fingerprint density at radius 3 is 2.56 bits per heavy atom. The van der Waals surface area contributed by atoms with E-state index in [1.807, 2.05) is 38.1 Å². The normalized spacial score (nSPS) is 15.7. The van der Waals surface area contributed by atoms with Crippen molar-refractivity contribution in [1.82, 2.24) is 15.4 Å². The zero-order chi connectivity index (χ0) is 19.2. The molecule has 146 valence electrons. The number of hydrogen-bond acceptors (Lipinski definition) is 5. The summed E-state index contributed by atoms with van der Waals surface area (Å²) in [6.07, 6.45) is 3.22. The van der Waals surface area contributed by atoms with Crippen LogP contribution in [0.5, 0.6) is 5.75 Å². The Labute approximate surface area is 160 Å². The van der Waals surface area contributed by atoms with Crippen molar-refractivity contribution in [3.8, 4) is 5.75 Å². The maximum absolute atomic E-state index is 12.5. The fourth-order valence-corrected chi connectivity index (χ4v) is 3.45. The van der Waals surface area contributed by atoms with Crippen molar-refractivity contribution in [1.29, 1.82) is 0 Å². The highest BCUT2D eigenvalue weighted by atomic mass is 16.5. The van der Waals surface area contributed by atoms with Crippen molar-refractivity contribution in [2.75, 3.05) is 19.6 Å². The Morgan fingerprint density at radius 1 is 1.26 bits per heavy atom. The van der Waals surface area contributed by atoms with Crippen molar-refractivity contribution in [3.05, 3.63) is 46.8 Å². The number of amides is 1. The van der Waals surface area contributed by atoms with E-state index in [2.05, 4.69) is 22.3 Å². The van der Waals surface area contributed by atoms with Crippen LogP contribution >= 0.6 is 0 Å². The average Bonchev–Trinajstić information content (AvgIpc) is 3.00. The lowest BCUT2D eigenvalue weighted by Crippen LogP contribution is -2.44. The molecule has 2 aromatic rings. The topological polar surface area (TPSA) is 67.6 Å². The second-order valence-corrected chi connectivity index (χ2v) is 7.21. The lowest BCUT2D eigenvalue weighted by Gasteiger charge is -2.32. The third-order valence-electron chi connectivity index (χ3n) is 5.14. The monoisotopic (exact) mass is 371 g/mol. The zero-order valence-electron chi connectivity index (χ0n) is 16.5. The number of nitrogens with one attached hydrogen (secondary N) is 1. The highest BCUT2D eigenvalue weighted by Gasteiger charge is 2.20. The van der Waals surface area contributed by atoms with Crippen LogP contribution in [-0.2, 0) is 6.61 Å². The number of aryl methyl sites for hydroxylation is 2. The molecule has 27 heavy (non-hydrogen) atoms. The van der Waals surface area contributed by atoms with Gasteiger partial charge in [0.15, 0.2) is 0 Å². The summed E-state index contributed by atoms with van der Waals surface area (Å²) in [6, 6.07) is 7.54. The number of carbonyl (C=O) groups excluding carboxylic acids is 1.